The molecule has 27 heavy (non-hydrogen) atoms. The van der Waals surface area contributed by atoms with Crippen molar-refractivity contribution in [1.82, 2.24) is 10.9 Å². The normalized spacial score (nSPS) is 13.4. The molecule has 0 saturated heterocycles. The summed E-state index contributed by atoms with van der Waals surface area (Å²) in [5.74, 6) is -1.20. The van der Waals surface area contributed by atoms with Crippen molar-refractivity contribution in [3.05, 3.63) is 59.7 Å². The number of fused-ring (bicyclic) bond motifs is 1. The van der Waals surface area contributed by atoms with Crippen LogP contribution in [0.25, 0.3) is 0 Å². The lowest BCUT2D eigenvalue weighted by atomic mass is 10.2. The number of anilines is 1. The van der Waals surface area contributed by atoms with E-state index in [1.54, 1.807) is 26.0 Å². The molecule has 0 spiro atoms. The zero-order chi connectivity index (χ0) is 19.6. The van der Waals surface area contributed by atoms with Gasteiger partial charge in [-0.3, -0.25) is 24.7 Å². The van der Waals surface area contributed by atoms with Gasteiger partial charge < -0.3 is 0 Å². The molecule has 0 unspecified atom stereocenters. The quantitative estimate of drug-likeness (QED) is 0.783. The van der Waals surface area contributed by atoms with Crippen LogP contribution in [0.3, 0.4) is 0 Å². The van der Waals surface area contributed by atoms with Gasteiger partial charge in [-0.25, -0.2) is 8.42 Å². The van der Waals surface area contributed by atoms with Gasteiger partial charge in [0, 0.05) is 18.0 Å². The molecule has 8 heteroatoms. The van der Waals surface area contributed by atoms with Gasteiger partial charge in [0.2, 0.25) is 5.91 Å². The van der Waals surface area contributed by atoms with Crippen LogP contribution in [0.4, 0.5) is 5.69 Å². The second kappa shape index (κ2) is 7.40. The summed E-state index contributed by atoms with van der Waals surface area (Å²) in [6, 6.07) is 13.1. The second-order valence-electron chi connectivity index (χ2n) is 6.58. The molecular formula is C19H21N3O4S. The van der Waals surface area contributed by atoms with Gasteiger partial charge in [0.1, 0.15) is 0 Å². The third kappa shape index (κ3) is 3.80. The van der Waals surface area contributed by atoms with E-state index in [1.165, 1.54) is 28.6 Å². The number of para-hydroxylation sites is 1. The predicted octanol–water partition coefficient (Wildman–Crippen LogP) is 1.85. The maximum Gasteiger partial charge on any atom is 0.269 e. The Bertz CT molecular complexity index is 986. The molecule has 1 heterocycles. The Labute approximate surface area is 158 Å². The number of hydrogen-bond donors (Lipinski definition) is 2. The maximum absolute atomic E-state index is 13.1. The highest BCUT2D eigenvalue weighted by atomic mass is 32.2. The molecule has 1 aliphatic heterocycles. The van der Waals surface area contributed by atoms with E-state index >= 15 is 0 Å². The first kappa shape index (κ1) is 18.9. The molecule has 0 aliphatic carbocycles. The molecule has 7 nitrogen and oxygen atoms in total. The van der Waals surface area contributed by atoms with Crippen molar-refractivity contribution in [3.8, 4) is 0 Å². The van der Waals surface area contributed by atoms with Crippen LogP contribution >= 0.6 is 0 Å². The number of nitrogens with zero attached hydrogens (tertiary/aromatic N) is 1. The molecule has 0 fully saturated rings. The van der Waals surface area contributed by atoms with Crippen LogP contribution in [-0.2, 0) is 21.2 Å². The average molecular weight is 387 g/mol. The zero-order valence-electron chi connectivity index (χ0n) is 15.1. The molecule has 2 aromatic carbocycles. The highest BCUT2D eigenvalue weighted by Gasteiger charge is 2.30. The van der Waals surface area contributed by atoms with E-state index in [0.29, 0.717) is 18.7 Å². The van der Waals surface area contributed by atoms with E-state index in [-0.39, 0.29) is 22.3 Å². The Hall–Kier alpha value is -2.87. The minimum Gasteiger partial charge on any atom is -0.273 e. The van der Waals surface area contributed by atoms with Crippen molar-refractivity contribution < 1.29 is 18.0 Å². The Morgan fingerprint density at radius 1 is 1.04 bits per heavy atom. The summed E-state index contributed by atoms with van der Waals surface area (Å²) < 4.78 is 27.5. The van der Waals surface area contributed by atoms with Crippen molar-refractivity contribution >= 4 is 27.5 Å². The first-order valence-corrected chi connectivity index (χ1v) is 10.1. The van der Waals surface area contributed by atoms with E-state index in [0.717, 1.165) is 5.56 Å². The van der Waals surface area contributed by atoms with Crippen LogP contribution in [0.2, 0.25) is 0 Å². The van der Waals surface area contributed by atoms with Crippen LogP contribution in [0.15, 0.2) is 53.4 Å². The molecule has 3 rings (SSSR count). The summed E-state index contributed by atoms with van der Waals surface area (Å²) in [5, 5.41) is 0. The van der Waals surface area contributed by atoms with Gasteiger partial charge in [0.05, 0.1) is 10.6 Å². The number of amides is 2. The first-order valence-electron chi connectivity index (χ1n) is 8.61. The summed E-state index contributed by atoms with van der Waals surface area (Å²) in [7, 11) is -3.79. The van der Waals surface area contributed by atoms with Gasteiger partial charge in [-0.15, -0.1) is 0 Å². The molecule has 2 amide bonds. The van der Waals surface area contributed by atoms with Crippen LogP contribution in [0, 0.1) is 5.92 Å². The van der Waals surface area contributed by atoms with Gasteiger partial charge in [-0.05, 0) is 36.2 Å². The van der Waals surface area contributed by atoms with E-state index in [4.69, 9.17) is 0 Å². The van der Waals surface area contributed by atoms with E-state index in [9.17, 15) is 18.0 Å². The van der Waals surface area contributed by atoms with Crippen LogP contribution in [-0.4, -0.2) is 26.8 Å². The number of carbonyl (C=O) groups is 2. The monoisotopic (exact) mass is 387 g/mol. The van der Waals surface area contributed by atoms with Gasteiger partial charge in [0.15, 0.2) is 0 Å². The molecule has 142 valence electrons. The fourth-order valence-electron chi connectivity index (χ4n) is 2.82. The zero-order valence-corrected chi connectivity index (χ0v) is 15.9. The van der Waals surface area contributed by atoms with Crippen molar-refractivity contribution in [1.29, 1.82) is 0 Å². The van der Waals surface area contributed by atoms with Gasteiger partial charge >= 0.3 is 0 Å². The van der Waals surface area contributed by atoms with Crippen LogP contribution in [0.5, 0.6) is 0 Å². The number of hydrazine groups is 1. The van der Waals surface area contributed by atoms with Gasteiger partial charge in [-0.2, -0.15) is 0 Å². The Morgan fingerprint density at radius 2 is 1.78 bits per heavy atom. The van der Waals surface area contributed by atoms with Gasteiger partial charge in [0.25, 0.3) is 15.9 Å². The van der Waals surface area contributed by atoms with Crippen LogP contribution < -0.4 is 15.2 Å². The number of rotatable bonds is 4. The summed E-state index contributed by atoms with van der Waals surface area (Å²) in [5.41, 5.74) is 6.39. The minimum atomic E-state index is -3.79. The molecule has 0 aromatic heterocycles. The predicted molar refractivity (Wildman–Crippen MR) is 102 cm³/mol. The first-order chi connectivity index (χ1) is 12.8. The fraction of sp³-hybridized carbons (Fsp3) is 0.263. The molecule has 0 bridgehead atoms. The molecule has 1 aliphatic rings. The lowest BCUT2D eigenvalue weighted by Gasteiger charge is -2.20. The summed E-state index contributed by atoms with van der Waals surface area (Å²) in [6.07, 6.45) is 0.650. The minimum absolute atomic E-state index is 0.0297. The molecule has 0 saturated carbocycles. The third-order valence-corrected chi connectivity index (χ3v) is 6.16. The standard InChI is InChI=1S/C19H21N3O4S/c1-13(2)18(23)20-21-19(24)15-7-5-8-16(12-15)27(25,26)22-11-10-14-6-3-4-9-17(14)22/h3-9,12-13H,10-11H2,1-2H3,(H,20,23)(H,21,24). The fourth-order valence-corrected chi connectivity index (χ4v) is 4.37. The van der Waals surface area contributed by atoms with Gasteiger partial charge in [-0.1, -0.05) is 38.1 Å². The SMILES string of the molecule is CC(C)C(=O)NNC(=O)c1cccc(S(=O)(=O)N2CCc3ccccc32)c1. The largest absolute Gasteiger partial charge is 0.273 e. The summed E-state index contributed by atoms with van der Waals surface area (Å²) in [6.45, 7) is 3.76. The number of hydrogen-bond acceptors (Lipinski definition) is 4. The van der Waals surface area contributed by atoms with Crippen LogP contribution in [0.1, 0.15) is 29.8 Å². The smallest absolute Gasteiger partial charge is 0.269 e. The molecule has 2 N–H and O–H groups in total. The van der Waals surface area contributed by atoms with E-state index < -0.39 is 15.9 Å². The second-order valence-corrected chi connectivity index (χ2v) is 8.44. The Balaban J connectivity index is 1.83. The maximum atomic E-state index is 13.1. The number of carbonyl (C=O) groups excluding carboxylic acids is 2. The van der Waals surface area contributed by atoms with Crippen molar-refractivity contribution in [2.75, 3.05) is 10.8 Å². The number of nitrogens with one attached hydrogen (secondary N) is 2. The topological polar surface area (TPSA) is 95.6 Å². The average Bonchev–Trinajstić information content (AvgIpc) is 3.10. The lowest BCUT2D eigenvalue weighted by Crippen LogP contribution is -2.43. The highest BCUT2D eigenvalue weighted by Crippen LogP contribution is 2.32. The van der Waals surface area contributed by atoms with Crippen molar-refractivity contribution in [3.63, 3.8) is 0 Å². The Morgan fingerprint density at radius 3 is 2.52 bits per heavy atom. The molecule has 0 radical (unpaired) electrons. The van der Waals surface area contributed by atoms with E-state index in [2.05, 4.69) is 10.9 Å². The summed E-state index contributed by atoms with van der Waals surface area (Å²) >= 11 is 0. The molecule has 2 aromatic rings. The van der Waals surface area contributed by atoms with E-state index in [1.807, 2.05) is 12.1 Å². The van der Waals surface area contributed by atoms with Crippen molar-refractivity contribution in [2.24, 2.45) is 5.92 Å². The molecular weight excluding hydrogens is 366 g/mol. The lowest BCUT2D eigenvalue weighted by molar-refractivity contribution is -0.124. The van der Waals surface area contributed by atoms with Crippen molar-refractivity contribution in [2.45, 2.75) is 25.2 Å². The highest BCUT2D eigenvalue weighted by molar-refractivity contribution is 7.92. The summed E-state index contributed by atoms with van der Waals surface area (Å²) in [4.78, 5) is 23.8. The third-order valence-electron chi connectivity index (χ3n) is 4.35. The molecule has 0 atom stereocenters. The number of sulfonamides is 1. The number of benzene rings is 2. The Kier molecular flexibility index (Phi) is 5.18.